The molecule has 0 saturated heterocycles. The molecule has 18 heteroatoms. The quantitative estimate of drug-likeness (QED) is 0.178. The van der Waals surface area contributed by atoms with Crippen LogP contribution in [0.2, 0.25) is 5.02 Å². The van der Waals surface area contributed by atoms with Crippen LogP contribution in [0.4, 0.5) is 23.4 Å². The fourth-order valence-electron chi connectivity index (χ4n) is 4.59. The molecule has 2 aromatic heterocycles. The van der Waals surface area contributed by atoms with Gasteiger partial charge in [-0.3, -0.25) is 9.59 Å². The summed E-state index contributed by atoms with van der Waals surface area (Å²) < 4.78 is 86.1. The van der Waals surface area contributed by atoms with Gasteiger partial charge in [0, 0.05) is 20.7 Å². The molecule has 4 rings (SSSR count). The number of rotatable bonds is 8. The first-order valence-corrected chi connectivity index (χ1v) is 21.4. The zero-order chi connectivity index (χ0) is 41.5. The second-order valence-corrected chi connectivity index (χ2v) is 22.7. The number of aryl methyl sites for hydroxylation is 1. The van der Waals surface area contributed by atoms with Gasteiger partial charge in [-0.15, -0.1) is 22.7 Å². The number of hydrogen-bond acceptors (Lipinski definition) is 10. The van der Waals surface area contributed by atoms with Crippen LogP contribution >= 0.6 is 34.3 Å². The van der Waals surface area contributed by atoms with Gasteiger partial charge in [-0.25, -0.2) is 26.8 Å². The lowest BCUT2D eigenvalue weighted by Gasteiger charge is -2.23. The monoisotopic (exact) mass is 848 g/mol. The first-order valence-electron chi connectivity index (χ1n) is 16.3. The zero-order valence-electron chi connectivity index (χ0n) is 31.7. The first kappa shape index (κ1) is 45.0. The van der Waals surface area contributed by atoms with Gasteiger partial charge < -0.3 is 10.6 Å². The van der Waals surface area contributed by atoms with Gasteiger partial charge >= 0.3 is 6.18 Å². The summed E-state index contributed by atoms with van der Waals surface area (Å²) in [6.07, 6.45) is -4.58. The Kier molecular flexibility index (Phi) is 13.0. The van der Waals surface area contributed by atoms with Gasteiger partial charge in [-0.1, -0.05) is 53.1 Å². The molecule has 0 bridgehead atoms. The highest BCUT2D eigenvalue weighted by Crippen LogP contribution is 2.36. The molecular formula is C36H44ClF3N4O6S4. The lowest BCUT2D eigenvalue weighted by molar-refractivity contribution is -0.137. The van der Waals surface area contributed by atoms with E-state index in [4.69, 9.17) is 11.6 Å². The fraction of sp³-hybridized carbons (Fsp3) is 0.444. The van der Waals surface area contributed by atoms with E-state index >= 15 is 0 Å². The third-order valence-electron chi connectivity index (χ3n) is 8.24. The highest BCUT2D eigenvalue weighted by molar-refractivity contribution is 7.94. The highest BCUT2D eigenvalue weighted by atomic mass is 35.5. The molecule has 2 amide bonds. The second kappa shape index (κ2) is 15.6. The van der Waals surface area contributed by atoms with Gasteiger partial charge in [0.2, 0.25) is 11.8 Å². The summed E-state index contributed by atoms with van der Waals surface area (Å²) in [7, 11) is -8.14. The van der Waals surface area contributed by atoms with Gasteiger partial charge in [0.15, 0.2) is 29.9 Å². The lowest BCUT2D eigenvalue weighted by atomic mass is 9.93. The normalized spacial score (nSPS) is 13.2. The number of anilines is 2. The molecule has 0 spiro atoms. The van der Waals surface area contributed by atoms with E-state index in [1.54, 1.807) is 6.92 Å². The molecule has 2 heterocycles. The number of carbonyl (C=O) groups is 2. The Morgan fingerprint density at radius 2 is 1.09 bits per heavy atom. The van der Waals surface area contributed by atoms with E-state index in [0.717, 1.165) is 28.4 Å². The van der Waals surface area contributed by atoms with Crippen LogP contribution in [0.1, 0.15) is 91.1 Å². The standard InChI is InChI=1S/C19H23F3N2O3S2.C17H21ClN2O3S2/c1-11-14(17(2,3)4)28-16(23-11)24-15(25)18(5,6)29(26,27)13-9-7-12(8-10-13)19(20,21)22;1-16(2,3)13-10-24-15(19-13)20-14(21)17(4,5)25(22,23)12-8-6-11(18)7-9-12/h7-10H,1-6H3,(H,23,24,25);6-10H,1-5H3,(H,19,20,21). The molecule has 296 valence electrons. The van der Waals surface area contributed by atoms with E-state index in [0.29, 0.717) is 22.3 Å². The Morgan fingerprint density at radius 3 is 1.46 bits per heavy atom. The molecule has 2 aromatic carbocycles. The van der Waals surface area contributed by atoms with Crippen LogP contribution in [-0.2, 0) is 46.3 Å². The number of alkyl halides is 3. The van der Waals surface area contributed by atoms with Crippen molar-refractivity contribution in [2.45, 2.75) is 112 Å². The van der Waals surface area contributed by atoms with Gasteiger partial charge in [-0.05, 0) is 88.6 Å². The minimum absolute atomic E-state index is 0.0477. The molecule has 2 N–H and O–H groups in total. The molecule has 4 aromatic rings. The van der Waals surface area contributed by atoms with Crippen LogP contribution in [0.15, 0.2) is 63.7 Å². The summed E-state index contributed by atoms with van der Waals surface area (Å²) in [5.74, 6) is -1.44. The Labute approximate surface area is 327 Å². The Hall–Kier alpha value is -3.38. The van der Waals surface area contributed by atoms with Gasteiger partial charge in [-0.2, -0.15) is 13.2 Å². The van der Waals surface area contributed by atoms with Crippen molar-refractivity contribution < 1.29 is 39.6 Å². The van der Waals surface area contributed by atoms with Gasteiger partial charge in [0.1, 0.15) is 9.49 Å². The van der Waals surface area contributed by atoms with E-state index in [1.807, 2.05) is 46.9 Å². The van der Waals surface area contributed by atoms with Crippen LogP contribution in [0.3, 0.4) is 0 Å². The molecule has 0 saturated carbocycles. The minimum atomic E-state index is -4.58. The van der Waals surface area contributed by atoms with Crippen LogP contribution in [0.25, 0.3) is 0 Å². The Balaban J connectivity index is 0.000000294. The number of nitrogens with zero attached hydrogens (tertiary/aromatic N) is 2. The molecule has 0 aliphatic carbocycles. The van der Waals surface area contributed by atoms with Crippen LogP contribution < -0.4 is 10.6 Å². The third kappa shape index (κ3) is 9.88. The van der Waals surface area contributed by atoms with Crippen molar-refractivity contribution >= 4 is 76.0 Å². The molecule has 54 heavy (non-hydrogen) atoms. The minimum Gasteiger partial charge on any atom is -0.301 e. The second-order valence-electron chi connectivity index (χ2n) is 15.4. The molecular weight excluding hydrogens is 805 g/mol. The van der Waals surface area contributed by atoms with Crippen molar-refractivity contribution in [3.63, 3.8) is 0 Å². The number of amides is 2. The molecule has 0 atom stereocenters. The van der Waals surface area contributed by atoms with E-state index < -0.39 is 52.7 Å². The van der Waals surface area contributed by atoms with Crippen molar-refractivity contribution in [1.82, 2.24) is 9.97 Å². The van der Waals surface area contributed by atoms with Crippen LogP contribution in [-0.4, -0.2) is 48.1 Å². The van der Waals surface area contributed by atoms with E-state index in [1.165, 1.54) is 74.6 Å². The predicted molar refractivity (Wildman–Crippen MR) is 209 cm³/mol. The average Bonchev–Trinajstić information content (AvgIpc) is 3.67. The Bertz CT molecular complexity index is 2220. The van der Waals surface area contributed by atoms with Crippen molar-refractivity contribution in [2.75, 3.05) is 10.6 Å². The molecule has 0 unspecified atom stereocenters. The maximum atomic E-state index is 12.9. The SMILES string of the molecule is CC(C)(C)c1csc(NC(=O)C(C)(C)S(=O)(=O)c2ccc(Cl)cc2)n1.Cc1nc(NC(=O)C(C)(C)S(=O)(=O)c2ccc(C(F)(F)F)cc2)sc1C(C)(C)C. The smallest absolute Gasteiger partial charge is 0.301 e. The third-order valence-corrected chi connectivity index (χ3v) is 15.6. The maximum absolute atomic E-state index is 12.9. The van der Waals surface area contributed by atoms with Crippen molar-refractivity contribution in [2.24, 2.45) is 0 Å². The lowest BCUT2D eigenvalue weighted by Crippen LogP contribution is -2.44. The number of halogens is 4. The highest BCUT2D eigenvalue weighted by Gasteiger charge is 2.45. The number of carbonyl (C=O) groups excluding carboxylic acids is 2. The van der Waals surface area contributed by atoms with Gasteiger partial charge in [0.05, 0.1) is 26.7 Å². The zero-order valence-corrected chi connectivity index (χ0v) is 35.7. The van der Waals surface area contributed by atoms with Crippen molar-refractivity contribution in [3.8, 4) is 0 Å². The van der Waals surface area contributed by atoms with E-state index in [-0.39, 0.29) is 25.8 Å². The molecule has 0 radical (unpaired) electrons. The van der Waals surface area contributed by atoms with Crippen LogP contribution in [0, 0.1) is 6.92 Å². The summed E-state index contributed by atoms with van der Waals surface area (Å²) in [6.45, 7) is 19.0. The average molecular weight is 849 g/mol. The summed E-state index contributed by atoms with van der Waals surface area (Å²) in [5, 5.41) is 8.10. The van der Waals surface area contributed by atoms with Gasteiger partial charge in [0.25, 0.3) is 0 Å². The summed E-state index contributed by atoms with van der Waals surface area (Å²) in [5.41, 5.74) is 0.274. The summed E-state index contributed by atoms with van der Waals surface area (Å²) in [4.78, 5) is 34.7. The summed E-state index contributed by atoms with van der Waals surface area (Å²) >= 11 is 8.34. The number of aromatic nitrogens is 2. The van der Waals surface area contributed by atoms with Crippen molar-refractivity contribution in [3.05, 3.63) is 80.8 Å². The topological polar surface area (TPSA) is 152 Å². The number of nitrogens with one attached hydrogen (secondary N) is 2. The Morgan fingerprint density at radius 1 is 0.667 bits per heavy atom. The molecule has 0 aliphatic rings. The van der Waals surface area contributed by atoms with E-state index in [9.17, 15) is 39.6 Å². The molecule has 10 nitrogen and oxygen atoms in total. The first-order chi connectivity index (χ1) is 24.3. The number of benzene rings is 2. The largest absolute Gasteiger partial charge is 0.416 e. The predicted octanol–water partition coefficient (Wildman–Crippen LogP) is 9.24. The molecule has 0 fully saturated rings. The van der Waals surface area contributed by atoms with Crippen molar-refractivity contribution in [1.29, 1.82) is 0 Å². The van der Waals surface area contributed by atoms with Crippen LogP contribution in [0.5, 0.6) is 0 Å². The summed E-state index contributed by atoms with van der Waals surface area (Å²) in [6, 6.07) is 8.84. The van der Waals surface area contributed by atoms with E-state index in [2.05, 4.69) is 20.6 Å². The number of sulfone groups is 2. The fourth-order valence-corrected chi connectivity index (χ4v) is 9.42. The molecule has 0 aliphatic heterocycles. The number of hydrogen-bond donors (Lipinski definition) is 2. The number of thiazole rings is 2. The maximum Gasteiger partial charge on any atom is 0.416 e.